The van der Waals surface area contributed by atoms with Crippen LogP contribution in [0, 0.1) is 5.41 Å². The normalized spacial score (nSPS) is 22.1. The summed E-state index contributed by atoms with van der Waals surface area (Å²) in [7, 11) is 3.98. The number of piperidine rings is 1. The Bertz CT molecular complexity index is 490. The summed E-state index contributed by atoms with van der Waals surface area (Å²) in [6, 6.07) is 0. The van der Waals surface area contributed by atoms with E-state index in [1.54, 1.807) is 0 Å². The Morgan fingerprint density at radius 3 is 2.64 bits per heavy atom. The molecular weight excluding hydrogens is 392 g/mol. The Balaban J connectivity index is 1.42. The number of aliphatic hydroxyl groups is 1. The largest absolute Gasteiger partial charge is 0.396 e. The number of carbonyl (C=O) groups excluding carboxylic acids is 2. The smallest absolute Gasteiger partial charge is 0.222 e. The second kappa shape index (κ2) is 13.0. The number of aliphatic hydroxyl groups excluding tert-OH is 1. The highest BCUT2D eigenvalue weighted by Gasteiger charge is 2.30. The molecule has 28 heavy (non-hydrogen) atoms. The third-order valence-corrected chi connectivity index (χ3v) is 8.82. The fourth-order valence-corrected chi connectivity index (χ4v) is 6.69. The summed E-state index contributed by atoms with van der Waals surface area (Å²) < 4.78 is 7.61. The first-order valence-corrected chi connectivity index (χ1v) is 13.2. The lowest BCUT2D eigenvalue weighted by molar-refractivity contribution is -0.134. The van der Waals surface area contributed by atoms with E-state index >= 15 is 0 Å². The van der Waals surface area contributed by atoms with E-state index in [4.69, 9.17) is 1.37 Å². The van der Waals surface area contributed by atoms with Gasteiger partial charge in [0.05, 0.1) is 0 Å². The van der Waals surface area contributed by atoms with Crippen molar-refractivity contribution < 1.29 is 16.1 Å². The van der Waals surface area contributed by atoms with Crippen molar-refractivity contribution in [1.82, 2.24) is 10.2 Å². The minimum absolute atomic E-state index is 0.0446. The molecule has 2 aliphatic rings. The maximum Gasteiger partial charge on any atom is 0.222 e. The number of carbonyl (C=O) groups is 2. The van der Waals surface area contributed by atoms with Gasteiger partial charge >= 0.3 is 0 Å². The molecule has 162 valence electrons. The lowest BCUT2D eigenvalue weighted by atomic mass is 9.81. The molecule has 0 aromatic heterocycles. The topological polar surface area (TPSA) is 69.6 Å². The van der Waals surface area contributed by atoms with E-state index in [2.05, 4.69) is 5.32 Å². The molecule has 0 radical (unpaired) electrons. The van der Waals surface area contributed by atoms with Gasteiger partial charge in [-0.15, -0.1) is 0 Å². The molecule has 0 saturated carbocycles. The van der Waals surface area contributed by atoms with Gasteiger partial charge in [-0.2, -0.15) is 0 Å². The van der Waals surface area contributed by atoms with Gasteiger partial charge < -0.3 is 15.3 Å². The summed E-state index contributed by atoms with van der Waals surface area (Å²) in [6.45, 7) is 2.30. The third kappa shape index (κ3) is 8.95. The zero-order valence-corrected chi connectivity index (χ0v) is 18.8. The van der Waals surface area contributed by atoms with Crippen molar-refractivity contribution in [3.63, 3.8) is 0 Å². The van der Waals surface area contributed by atoms with E-state index in [1.807, 2.05) is 26.5 Å². The fourth-order valence-electron chi connectivity index (χ4n) is 3.66. The monoisotopic (exact) mass is 432 g/mol. The molecule has 2 amide bonds. The zero-order valence-electron chi connectivity index (χ0n) is 18.1. The van der Waals surface area contributed by atoms with Gasteiger partial charge in [-0.1, -0.05) is 41.3 Å². The second-order valence-electron chi connectivity index (χ2n) is 8.27. The van der Waals surface area contributed by atoms with Crippen LogP contribution in [0.25, 0.3) is 0 Å². The Labute approximate surface area is 180 Å². The Morgan fingerprint density at radius 1 is 1.18 bits per heavy atom. The molecular formula is C21H38N2O3S2. The molecule has 7 heteroatoms. The van der Waals surface area contributed by atoms with Gasteiger partial charge in [0.2, 0.25) is 11.8 Å². The highest BCUT2D eigenvalue weighted by Crippen LogP contribution is 2.39. The average molecular weight is 433 g/mol. The van der Waals surface area contributed by atoms with E-state index in [-0.39, 0.29) is 30.7 Å². The van der Waals surface area contributed by atoms with Crippen molar-refractivity contribution in [2.45, 2.75) is 82.8 Å². The first kappa shape index (κ1) is 22.3. The molecule has 0 aromatic rings. The Kier molecular flexibility index (Phi) is 10.4. The van der Waals surface area contributed by atoms with Crippen LogP contribution in [-0.2, 0) is 9.59 Å². The van der Waals surface area contributed by atoms with Gasteiger partial charge in [0.25, 0.3) is 0 Å². The van der Waals surface area contributed by atoms with E-state index in [0.29, 0.717) is 32.5 Å². The minimum atomic E-state index is -0.302. The first-order valence-electron chi connectivity index (χ1n) is 11.5. The van der Waals surface area contributed by atoms with Gasteiger partial charge in [0, 0.05) is 51.5 Å². The van der Waals surface area contributed by atoms with Gasteiger partial charge in [0.1, 0.15) is 0 Å². The number of amides is 2. The van der Waals surface area contributed by atoms with Crippen LogP contribution < -0.4 is 5.32 Å². The number of nitrogens with zero attached hydrogens (tertiary/aromatic N) is 1. The van der Waals surface area contributed by atoms with Gasteiger partial charge in [-0.3, -0.25) is 9.59 Å². The quantitative estimate of drug-likeness (QED) is 0.360. The summed E-state index contributed by atoms with van der Waals surface area (Å²) in [5.41, 5.74) is -0.302. The molecule has 2 saturated heterocycles. The number of hydrogen-bond acceptors (Lipinski definition) is 5. The second-order valence-corrected chi connectivity index (χ2v) is 11.1. The Morgan fingerprint density at radius 2 is 1.96 bits per heavy atom. The molecule has 2 heterocycles. The van der Waals surface area contributed by atoms with Crippen LogP contribution in [0.3, 0.4) is 0 Å². The molecule has 2 aliphatic heterocycles. The van der Waals surface area contributed by atoms with Crippen molar-refractivity contribution in [1.29, 1.82) is 0 Å². The highest BCUT2D eigenvalue weighted by atomic mass is 33.1. The molecule has 2 N–H and O–H groups in total. The standard InChI is InChI=1S/C21H38N2O3S2/c1-21(17-24)11-14-23(15-12-21)20(26)9-3-2-6-13-22-19(25)8-5-4-7-18-10-16-27-28-18/h18,24H,2-17H2,1H3,(H,22,25)/t18-/m1/s1/i1T. The average Bonchev–Trinajstić information content (AvgIpc) is 3.27. The van der Waals surface area contributed by atoms with Gasteiger partial charge in [-0.25, -0.2) is 0 Å². The van der Waals surface area contributed by atoms with Crippen LogP contribution >= 0.6 is 21.6 Å². The summed E-state index contributed by atoms with van der Waals surface area (Å²) in [5, 5.41) is 13.3. The van der Waals surface area contributed by atoms with Crippen LogP contribution in [0.4, 0.5) is 0 Å². The van der Waals surface area contributed by atoms with Crippen LogP contribution in [0.5, 0.6) is 0 Å². The van der Waals surface area contributed by atoms with E-state index in [9.17, 15) is 14.7 Å². The molecule has 1 atom stereocenters. The predicted molar refractivity (Wildman–Crippen MR) is 119 cm³/mol. The van der Waals surface area contributed by atoms with Gasteiger partial charge in [-0.05, 0) is 50.4 Å². The first-order chi connectivity index (χ1) is 14.1. The molecule has 2 fully saturated rings. The van der Waals surface area contributed by atoms with Crippen LogP contribution in [0.1, 0.15) is 78.9 Å². The van der Waals surface area contributed by atoms with Crippen LogP contribution in [0.2, 0.25) is 0 Å². The molecule has 5 nitrogen and oxygen atoms in total. The summed E-state index contributed by atoms with van der Waals surface area (Å²) in [5.74, 6) is 1.62. The van der Waals surface area contributed by atoms with Crippen molar-refractivity contribution in [3.8, 4) is 0 Å². The summed E-state index contributed by atoms with van der Waals surface area (Å²) >= 11 is 0. The number of likely N-dealkylation sites (tertiary alicyclic amines) is 1. The molecule has 0 aliphatic carbocycles. The molecule has 0 bridgehead atoms. The van der Waals surface area contributed by atoms with E-state index < -0.39 is 0 Å². The SMILES string of the molecule is [3H]CC1(CO)CCN(C(=O)CCCCCNC(=O)CCCC[C@@H]2CCSS2)CC1. The minimum Gasteiger partial charge on any atom is -0.396 e. The molecule has 2 rings (SSSR count). The van der Waals surface area contributed by atoms with Crippen molar-refractivity contribution in [2.24, 2.45) is 5.41 Å². The lowest BCUT2D eigenvalue weighted by Crippen LogP contribution is -2.43. The number of rotatable bonds is 12. The van der Waals surface area contributed by atoms with E-state index in [1.165, 1.54) is 18.6 Å². The zero-order chi connectivity index (χ0) is 21.0. The number of nitrogens with one attached hydrogen (secondary N) is 1. The van der Waals surface area contributed by atoms with Crippen LogP contribution in [-0.4, -0.2) is 59.1 Å². The fraction of sp³-hybridized carbons (Fsp3) is 0.905. The Hall–Kier alpha value is -0.400. The predicted octanol–water partition coefficient (Wildman–Crippen LogP) is 4.00. The highest BCUT2D eigenvalue weighted by molar-refractivity contribution is 8.77. The van der Waals surface area contributed by atoms with Crippen LogP contribution in [0.15, 0.2) is 0 Å². The van der Waals surface area contributed by atoms with Crippen molar-refractivity contribution in [2.75, 3.05) is 32.0 Å². The molecule has 0 unspecified atom stereocenters. The van der Waals surface area contributed by atoms with Crippen molar-refractivity contribution >= 4 is 33.4 Å². The lowest BCUT2D eigenvalue weighted by Gasteiger charge is -2.38. The van der Waals surface area contributed by atoms with Crippen molar-refractivity contribution in [3.05, 3.63) is 0 Å². The molecule has 0 spiro atoms. The maximum absolute atomic E-state index is 12.3. The van der Waals surface area contributed by atoms with Gasteiger partial charge in [0.15, 0.2) is 0 Å². The third-order valence-electron chi connectivity index (χ3n) is 5.81. The number of unbranched alkanes of at least 4 members (excludes halogenated alkanes) is 3. The summed E-state index contributed by atoms with van der Waals surface area (Å²) in [4.78, 5) is 26.1. The number of hydrogen-bond donors (Lipinski definition) is 2. The summed E-state index contributed by atoms with van der Waals surface area (Å²) in [6.07, 6.45) is 10.0. The van der Waals surface area contributed by atoms with E-state index in [0.717, 1.165) is 50.2 Å². The molecule has 0 aromatic carbocycles. The maximum atomic E-state index is 12.3.